The first kappa shape index (κ1) is 9.31. The van der Waals surface area contributed by atoms with Crippen molar-refractivity contribution in [3.8, 4) is 0 Å². The standard InChI is InChI=1S/C11H16O/c12-10-6-2-1-3-7-11-8-4-5-9-11/h4-5,8,12H,1-3,6-7,10H2. The van der Waals surface area contributed by atoms with Crippen LogP contribution in [-0.4, -0.2) is 11.7 Å². The van der Waals surface area contributed by atoms with Crippen LogP contribution < -0.4 is 0 Å². The lowest BCUT2D eigenvalue weighted by Gasteiger charge is -1.98. The van der Waals surface area contributed by atoms with Crippen molar-refractivity contribution in [3.05, 3.63) is 29.5 Å². The lowest BCUT2D eigenvalue weighted by atomic mass is 10.1. The molecule has 1 nitrogen and oxygen atoms in total. The molecule has 1 rings (SSSR count). The van der Waals surface area contributed by atoms with Gasteiger partial charge in [-0.25, -0.2) is 0 Å². The maximum absolute atomic E-state index is 8.54. The smallest absolute Gasteiger partial charge is 0.0431 e. The molecule has 0 fully saturated rings. The molecular weight excluding hydrogens is 148 g/mol. The van der Waals surface area contributed by atoms with Crippen LogP contribution in [0.4, 0.5) is 0 Å². The van der Waals surface area contributed by atoms with E-state index >= 15 is 0 Å². The van der Waals surface area contributed by atoms with Crippen LogP contribution in [0.25, 0.3) is 0 Å². The second kappa shape index (κ2) is 5.82. The van der Waals surface area contributed by atoms with E-state index in [1.807, 2.05) is 12.2 Å². The van der Waals surface area contributed by atoms with Crippen LogP contribution in [0.1, 0.15) is 32.1 Å². The normalized spacial score (nSPS) is 13.9. The topological polar surface area (TPSA) is 20.2 Å². The maximum Gasteiger partial charge on any atom is 0.0431 e. The first-order valence-electron chi connectivity index (χ1n) is 4.66. The van der Waals surface area contributed by atoms with Crippen molar-refractivity contribution in [3.63, 3.8) is 0 Å². The third-order valence-electron chi connectivity index (χ3n) is 2.02. The van der Waals surface area contributed by atoms with E-state index in [9.17, 15) is 0 Å². The molecule has 0 atom stereocenters. The third-order valence-corrected chi connectivity index (χ3v) is 2.02. The summed E-state index contributed by atoms with van der Waals surface area (Å²) >= 11 is 0. The largest absolute Gasteiger partial charge is 0.396 e. The summed E-state index contributed by atoms with van der Waals surface area (Å²) in [5.41, 5.74) is 4.50. The van der Waals surface area contributed by atoms with Gasteiger partial charge < -0.3 is 5.11 Å². The van der Waals surface area contributed by atoms with E-state index in [4.69, 9.17) is 5.11 Å². The van der Waals surface area contributed by atoms with Crippen LogP contribution in [0.2, 0.25) is 0 Å². The molecule has 12 heavy (non-hydrogen) atoms. The van der Waals surface area contributed by atoms with Gasteiger partial charge in [-0.3, -0.25) is 0 Å². The average Bonchev–Trinajstić information content (AvgIpc) is 2.57. The summed E-state index contributed by atoms with van der Waals surface area (Å²) < 4.78 is 0. The zero-order chi connectivity index (χ0) is 8.65. The molecule has 0 unspecified atom stereocenters. The Morgan fingerprint density at radius 3 is 2.67 bits per heavy atom. The number of rotatable bonds is 6. The van der Waals surface area contributed by atoms with Gasteiger partial charge in [-0.05, 0) is 30.9 Å². The quantitative estimate of drug-likeness (QED) is 0.472. The fourth-order valence-corrected chi connectivity index (χ4v) is 1.30. The van der Waals surface area contributed by atoms with Crippen molar-refractivity contribution in [2.24, 2.45) is 0 Å². The van der Waals surface area contributed by atoms with Crippen molar-refractivity contribution in [2.45, 2.75) is 32.1 Å². The first-order valence-corrected chi connectivity index (χ1v) is 4.66. The van der Waals surface area contributed by atoms with Crippen molar-refractivity contribution in [1.82, 2.24) is 0 Å². The highest BCUT2D eigenvalue weighted by Gasteiger charge is 1.94. The molecule has 0 amide bonds. The molecule has 1 aliphatic rings. The summed E-state index contributed by atoms with van der Waals surface area (Å²) in [7, 11) is 0. The van der Waals surface area contributed by atoms with Crippen LogP contribution in [0.5, 0.6) is 0 Å². The van der Waals surface area contributed by atoms with E-state index in [-0.39, 0.29) is 0 Å². The number of hydrogen-bond acceptors (Lipinski definition) is 1. The summed E-state index contributed by atoms with van der Waals surface area (Å²) in [6.45, 7) is 0.336. The van der Waals surface area contributed by atoms with Crippen LogP contribution in [0.3, 0.4) is 0 Å². The molecule has 0 radical (unpaired) electrons. The van der Waals surface area contributed by atoms with Crippen LogP contribution in [-0.2, 0) is 0 Å². The molecule has 0 aromatic rings. The van der Waals surface area contributed by atoms with Gasteiger partial charge in [0.25, 0.3) is 0 Å². The number of unbranched alkanes of at least 4 members (excludes halogenated alkanes) is 3. The van der Waals surface area contributed by atoms with Crippen LogP contribution in [0, 0.1) is 0 Å². The van der Waals surface area contributed by atoms with Crippen molar-refractivity contribution in [1.29, 1.82) is 0 Å². The molecule has 0 aromatic heterocycles. The molecule has 1 heteroatoms. The van der Waals surface area contributed by atoms with Gasteiger partial charge in [0, 0.05) is 6.61 Å². The van der Waals surface area contributed by atoms with Crippen molar-refractivity contribution in [2.75, 3.05) is 6.61 Å². The lowest BCUT2D eigenvalue weighted by Crippen LogP contribution is -1.83. The number of allylic oxidation sites excluding steroid dienone is 3. The van der Waals surface area contributed by atoms with Crippen LogP contribution >= 0.6 is 0 Å². The minimum atomic E-state index is 0.336. The Hall–Kier alpha value is -0.780. The molecule has 0 bridgehead atoms. The van der Waals surface area contributed by atoms with Crippen molar-refractivity contribution < 1.29 is 5.11 Å². The van der Waals surface area contributed by atoms with Crippen molar-refractivity contribution >= 4 is 0 Å². The second-order valence-corrected chi connectivity index (χ2v) is 3.08. The highest BCUT2D eigenvalue weighted by Crippen LogP contribution is 2.12. The summed E-state index contributed by atoms with van der Waals surface area (Å²) in [5, 5.41) is 8.54. The van der Waals surface area contributed by atoms with E-state index in [0.717, 1.165) is 19.3 Å². The molecule has 1 N–H and O–H groups in total. The highest BCUT2D eigenvalue weighted by molar-refractivity contribution is 5.28. The average molecular weight is 164 g/mol. The molecule has 1 aliphatic carbocycles. The number of hydrogen-bond donors (Lipinski definition) is 1. The van der Waals surface area contributed by atoms with Gasteiger partial charge in [-0.1, -0.05) is 25.0 Å². The predicted molar refractivity (Wildman–Crippen MR) is 50.9 cm³/mol. The predicted octanol–water partition coefficient (Wildman–Crippen LogP) is 2.58. The zero-order valence-corrected chi connectivity index (χ0v) is 7.42. The first-order chi connectivity index (χ1) is 5.93. The Kier molecular flexibility index (Phi) is 4.51. The molecular formula is C11H16O. The van der Waals surface area contributed by atoms with Gasteiger partial charge in [0.15, 0.2) is 0 Å². The molecule has 0 heterocycles. The van der Waals surface area contributed by atoms with Gasteiger partial charge in [-0.15, -0.1) is 5.73 Å². The lowest BCUT2D eigenvalue weighted by molar-refractivity contribution is 0.282. The second-order valence-electron chi connectivity index (χ2n) is 3.08. The Morgan fingerprint density at radius 2 is 2.00 bits per heavy atom. The highest BCUT2D eigenvalue weighted by atomic mass is 16.2. The summed E-state index contributed by atoms with van der Waals surface area (Å²) in [6.07, 6.45) is 11.8. The van der Waals surface area contributed by atoms with E-state index in [0.29, 0.717) is 6.61 Å². The molecule has 0 spiro atoms. The summed E-state index contributed by atoms with van der Waals surface area (Å²) in [5.74, 6) is 0. The molecule has 0 saturated carbocycles. The zero-order valence-electron chi connectivity index (χ0n) is 7.42. The van der Waals surface area contributed by atoms with E-state index in [1.54, 1.807) is 0 Å². The fourth-order valence-electron chi connectivity index (χ4n) is 1.30. The van der Waals surface area contributed by atoms with Gasteiger partial charge in [0.2, 0.25) is 0 Å². The van der Waals surface area contributed by atoms with Crippen LogP contribution in [0.15, 0.2) is 29.5 Å². The van der Waals surface area contributed by atoms with Gasteiger partial charge in [-0.2, -0.15) is 0 Å². The molecule has 0 aromatic carbocycles. The molecule has 0 aliphatic heterocycles. The molecule has 0 saturated heterocycles. The monoisotopic (exact) mass is 164 g/mol. The number of aliphatic hydroxyl groups excluding tert-OH is 1. The maximum atomic E-state index is 8.54. The summed E-state index contributed by atoms with van der Waals surface area (Å²) in [6, 6.07) is 0. The Bertz CT molecular complexity index is 207. The van der Waals surface area contributed by atoms with Gasteiger partial charge in [0.05, 0.1) is 0 Å². The minimum Gasteiger partial charge on any atom is -0.396 e. The van der Waals surface area contributed by atoms with Gasteiger partial charge in [0.1, 0.15) is 0 Å². The molecule has 66 valence electrons. The van der Waals surface area contributed by atoms with E-state index in [1.165, 1.54) is 18.4 Å². The number of aliphatic hydroxyl groups is 1. The third kappa shape index (κ3) is 3.56. The SMILES string of the molecule is OCCCCCCC1=C=CC=C1. The van der Waals surface area contributed by atoms with Gasteiger partial charge >= 0.3 is 0 Å². The Morgan fingerprint density at radius 1 is 1.17 bits per heavy atom. The Labute approximate surface area is 74.1 Å². The fraction of sp³-hybridized carbons (Fsp3) is 0.545. The van der Waals surface area contributed by atoms with E-state index < -0.39 is 0 Å². The minimum absolute atomic E-state index is 0.336. The Balaban J connectivity index is 1.96. The van der Waals surface area contributed by atoms with E-state index in [2.05, 4.69) is 11.8 Å². The summed E-state index contributed by atoms with van der Waals surface area (Å²) in [4.78, 5) is 0.